The summed E-state index contributed by atoms with van der Waals surface area (Å²) in [6, 6.07) is 0. The molecular formula is C9H8Cl3N3OS. The van der Waals surface area contributed by atoms with Crippen molar-refractivity contribution in [1.82, 2.24) is 9.78 Å². The number of hydrogen-bond acceptors (Lipinski definition) is 3. The molecule has 2 aromatic heterocycles. The number of halogens is 3. The SMILES string of the molecule is Cl.Cn1ncc(Cl)c1-c1csc(C(N)=O)c1Cl. The number of primary amides is 1. The van der Waals surface area contributed by atoms with Gasteiger partial charge in [0.25, 0.3) is 5.91 Å². The average Bonchev–Trinajstić information content (AvgIpc) is 2.71. The molecule has 0 aliphatic rings. The molecule has 0 radical (unpaired) electrons. The van der Waals surface area contributed by atoms with Crippen LogP contribution in [0.25, 0.3) is 11.3 Å². The number of thiophene rings is 1. The van der Waals surface area contributed by atoms with Crippen LogP contribution in [-0.2, 0) is 7.05 Å². The Labute approximate surface area is 118 Å². The van der Waals surface area contributed by atoms with E-state index in [0.29, 0.717) is 26.2 Å². The number of hydrogen-bond donors (Lipinski definition) is 1. The molecular weight excluding hydrogens is 305 g/mol. The summed E-state index contributed by atoms with van der Waals surface area (Å²) >= 11 is 13.2. The lowest BCUT2D eigenvalue weighted by atomic mass is 10.2. The standard InChI is InChI=1S/C9H7Cl2N3OS.ClH/c1-14-7(5(10)2-13-14)4-3-16-8(6(4)11)9(12)15;/h2-3H,1H3,(H2,12,15);1H. The predicted molar refractivity (Wildman–Crippen MR) is 72.3 cm³/mol. The Morgan fingerprint density at radius 1 is 1.53 bits per heavy atom. The van der Waals surface area contributed by atoms with Crippen molar-refractivity contribution in [2.75, 3.05) is 0 Å². The minimum atomic E-state index is -0.542. The molecule has 1 amide bonds. The third-order valence-electron chi connectivity index (χ3n) is 2.10. The lowest BCUT2D eigenvalue weighted by Crippen LogP contribution is -2.09. The molecule has 2 rings (SSSR count). The van der Waals surface area contributed by atoms with E-state index in [1.54, 1.807) is 17.1 Å². The molecule has 0 aliphatic carbocycles. The van der Waals surface area contributed by atoms with Crippen LogP contribution in [0.3, 0.4) is 0 Å². The van der Waals surface area contributed by atoms with Crippen molar-refractivity contribution >= 4 is 52.9 Å². The topological polar surface area (TPSA) is 60.9 Å². The summed E-state index contributed by atoms with van der Waals surface area (Å²) in [6.07, 6.45) is 1.52. The molecule has 92 valence electrons. The quantitative estimate of drug-likeness (QED) is 0.926. The summed E-state index contributed by atoms with van der Waals surface area (Å²) in [6.45, 7) is 0. The van der Waals surface area contributed by atoms with Crippen LogP contribution in [0, 0.1) is 0 Å². The molecule has 0 aliphatic heterocycles. The summed E-state index contributed by atoms with van der Waals surface area (Å²) < 4.78 is 1.60. The van der Waals surface area contributed by atoms with Gasteiger partial charge in [-0.15, -0.1) is 23.7 Å². The van der Waals surface area contributed by atoms with Gasteiger partial charge in [0.15, 0.2) is 0 Å². The largest absolute Gasteiger partial charge is 0.365 e. The number of nitrogens with zero attached hydrogens (tertiary/aromatic N) is 2. The summed E-state index contributed by atoms with van der Waals surface area (Å²) in [4.78, 5) is 11.4. The van der Waals surface area contributed by atoms with E-state index < -0.39 is 5.91 Å². The second kappa shape index (κ2) is 5.27. The molecule has 4 nitrogen and oxygen atoms in total. The zero-order valence-corrected chi connectivity index (χ0v) is 11.8. The summed E-state index contributed by atoms with van der Waals surface area (Å²) in [7, 11) is 1.75. The smallest absolute Gasteiger partial charge is 0.260 e. The number of carbonyl (C=O) groups excluding carboxylic acids is 1. The minimum absolute atomic E-state index is 0. The first-order chi connectivity index (χ1) is 7.52. The second-order valence-corrected chi connectivity index (χ2v) is 4.79. The van der Waals surface area contributed by atoms with Crippen LogP contribution in [0.1, 0.15) is 9.67 Å². The Bertz CT molecular complexity index is 544. The van der Waals surface area contributed by atoms with Gasteiger partial charge in [0.2, 0.25) is 0 Å². The Kier molecular flexibility index (Phi) is 4.43. The highest BCUT2D eigenvalue weighted by Crippen LogP contribution is 2.38. The molecule has 0 saturated carbocycles. The first-order valence-electron chi connectivity index (χ1n) is 4.27. The van der Waals surface area contributed by atoms with Gasteiger partial charge in [-0.3, -0.25) is 9.48 Å². The second-order valence-electron chi connectivity index (χ2n) is 3.12. The molecule has 17 heavy (non-hydrogen) atoms. The van der Waals surface area contributed by atoms with Crippen molar-refractivity contribution in [3.8, 4) is 11.3 Å². The Morgan fingerprint density at radius 3 is 2.59 bits per heavy atom. The highest BCUT2D eigenvalue weighted by molar-refractivity contribution is 7.13. The van der Waals surface area contributed by atoms with Crippen LogP contribution < -0.4 is 5.73 Å². The van der Waals surface area contributed by atoms with E-state index in [4.69, 9.17) is 28.9 Å². The van der Waals surface area contributed by atoms with Crippen LogP contribution >= 0.6 is 46.9 Å². The minimum Gasteiger partial charge on any atom is -0.365 e. The maximum absolute atomic E-state index is 11.1. The van der Waals surface area contributed by atoms with E-state index in [1.807, 2.05) is 0 Å². The van der Waals surface area contributed by atoms with Gasteiger partial charge in [-0.25, -0.2) is 0 Å². The number of nitrogens with two attached hydrogens (primary N) is 1. The lowest BCUT2D eigenvalue weighted by Gasteiger charge is -2.01. The van der Waals surface area contributed by atoms with E-state index in [0.717, 1.165) is 0 Å². The van der Waals surface area contributed by atoms with Crippen molar-refractivity contribution in [2.24, 2.45) is 12.8 Å². The molecule has 0 saturated heterocycles. The molecule has 0 fully saturated rings. The van der Waals surface area contributed by atoms with Crippen LogP contribution in [0.15, 0.2) is 11.6 Å². The third-order valence-corrected chi connectivity index (χ3v) is 3.88. The summed E-state index contributed by atoms with van der Waals surface area (Å²) in [5.74, 6) is -0.542. The molecule has 0 spiro atoms. The van der Waals surface area contributed by atoms with E-state index in [2.05, 4.69) is 5.10 Å². The monoisotopic (exact) mass is 311 g/mol. The van der Waals surface area contributed by atoms with Crippen LogP contribution in [0.2, 0.25) is 10.0 Å². The number of aryl methyl sites for hydroxylation is 1. The van der Waals surface area contributed by atoms with Crippen molar-refractivity contribution in [1.29, 1.82) is 0 Å². The molecule has 2 N–H and O–H groups in total. The molecule has 2 aromatic rings. The zero-order chi connectivity index (χ0) is 11.9. The molecule has 8 heteroatoms. The number of amides is 1. The fraction of sp³-hybridized carbons (Fsp3) is 0.111. The van der Waals surface area contributed by atoms with Gasteiger partial charge in [0.1, 0.15) is 4.88 Å². The fourth-order valence-corrected chi connectivity index (χ4v) is 2.88. The van der Waals surface area contributed by atoms with E-state index in [1.165, 1.54) is 17.5 Å². The average molecular weight is 313 g/mol. The first kappa shape index (κ1) is 14.3. The third kappa shape index (κ3) is 2.42. The Hall–Kier alpha value is -0.750. The predicted octanol–water partition coefficient (Wildman–Crippen LogP) is 2.98. The molecule has 0 aromatic carbocycles. The van der Waals surface area contributed by atoms with E-state index >= 15 is 0 Å². The van der Waals surface area contributed by atoms with Crippen molar-refractivity contribution in [3.63, 3.8) is 0 Å². The number of aromatic nitrogens is 2. The van der Waals surface area contributed by atoms with Crippen molar-refractivity contribution in [3.05, 3.63) is 26.5 Å². The van der Waals surface area contributed by atoms with Crippen LogP contribution in [0.4, 0.5) is 0 Å². The Morgan fingerprint density at radius 2 is 2.18 bits per heavy atom. The molecule has 0 bridgehead atoms. The fourth-order valence-electron chi connectivity index (χ4n) is 1.38. The van der Waals surface area contributed by atoms with Crippen LogP contribution in [0.5, 0.6) is 0 Å². The van der Waals surface area contributed by atoms with E-state index in [-0.39, 0.29) is 12.4 Å². The molecule has 2 heterocycles. The van der Waals surface area contributed by atoms with Gasteiger partial charge in [0, 0.05) is 18.0 Å². The van der Waals surface area contributed by atoms with E-state index in [9.17, 15) is 4.79 Å². The molecule has 0 unspecified atom stereocenters. The molecule has 0 atom stereocenters. The first-order valence-corrected chi connectivity index (χ1v) is 5.90. The normalized spacial score (nSPS) is 10.1. The van der Waals surface area contributed by atoms with Gasteiger partial charge >= 0.3 is 0 Å². The number of carbonyl (C=O) groups is 1. The van der Waals surface area contributed by atoms with Gasteiger partial charge in [0.05, 0.1) is 21.9 Å². The maximum atomic E-state index is 11.1. The number of rotatable bonds is 2. The highest BCUT2D eigenvalue weighted by atomic mass is 35.5. The van der Waals surface area contributed by atoms with Crippen LogP contribution in [-0.4, -0.2) is 15.7 Å². The lowest BCUT2D eigenvalue weighted by molar-refractivity contribution is 0.100. The van der Waals surface area contributed by atoms with Gasteiger partial charge in [-0.05, 0) is 0 Å². The highest BCUT2D eigenvalue weighted by Gasteiger charge is 2.19. The van der Waals surface area contributed by atoms with Gasteiger partial charge < -0.3 is 5.73 Å². The van der Waals surface area contributed by atoms with Gasteiger partial charge in [-0.1, -0.05) is 23.2 Å². The summed E-state index contributed by atoms with van der Waals surface area (Å²) in [5.41, 5.74) is 6.54. The zero-order valence-electron chi connectivity index (χ0n) is 8.61. The van der Waals surface area contributed by atoms with Gasteiger partial charge in [-0.2, -0.15) is 5.10 Å². The van der Waals surface area contributed by atoms with Crippen molar-refractivity contribution < 1.29 is 4.79 Å². The summed E-state index contributed by atoms with van der Waals surface area (Å²) in [5, 5.41) is 6.55. The maximum Gasteiger partial charge on any atom is 0.260 e. The Balaban J connectivity index is 0.00000144. The van der Waals surface area contributed by atoms with Crippen molar-refractivity contribution in [2.45, 2.75) is 0 Å².